The van der Waals surface area contributed by atoms with Crippen molar-refractivity contribution in [3.05, 3.63) is 92.3 Å². The number of hydrogen-bond donors (Lipinski definition) is 1. The van der Waals surface area contributed by atoms with Crippen molar-refractivity contribution >= 4 is 38.9 Å². The lowest BCUT2D eigenvalue weighted by molar-refractivity contribution is 0.102. The van der Waals surface area contributed by atoms with Crippen LogP contribution in [-0.4, -0.2) is 21.2 Å². The highest BCUT2D eigenvalue weighted by atomic mass is 32.1. The van der Waals surface area contributed by atoms with Gasteiger partial charge >= 0.3 is 0 Å². The first-order valence-electron chi connectivity index (χ1n) is 11.1. The second-order valence-electron chi connectivity index (χ2n) is 8.26. The van der Waals surface area contributed by atoms with Gasteiger partial charge in [-0.2, -0.15) is 0 Å². The summed E-state index contributed by atoms with van der Waals surface area (Å²) in [5.74, 6) is 0.396. The summed E-state index contributed by atoms with van der Waals surface area (Å²) in [5.41, 5.74) is 2.21. The molecule has 1 aliphatic rings. The van der Waals surface area contributed by atoms with Gasteiger partial charge in [-0.3, -0.25) is 19.0 Å². The van der Waals surface area contributed by atoms with Gasteiger partial charge in [-0.15, -0.1) is 11.3 Å². The summed E-state index contributed by atoms with van der Waals surface area (Å²) in [6.45, 7) is 2.48. The molecular formula is C26H23N3O3S. The first-order valence-corrected chi connectivity index (χ1v) is 11.9. The lowest BCUT2D eigenvalue weighted by Gasteiger charge is -2.08. The highest BCUT2D eigenvalue weighted by molar-refractivity contribution is 7.20. The van der Waals surface area contributed by atoms with Crippen molar-refractivity contribution in [1.29, 1.82) is 0 Å². The Kier molecular flexibility index (Phi) is 5.64. The second-order valence-corrected chi connectivity index (χ2v) is 9.26. The number of aromatic nitrogens is 2. The minimum Gasteiger partial charge on any atom is -0.321 e. The van der Waals surface area contributed by atoms with Gasteiger partial charge in [0.1, 0.15) is 10.7 Å². The number of ketones is 1. The summed E-state index contributed by atoms with van der Waals surface area (Å²) in [6, 6.07) is 15.9. The van der Waals surface area contributed by atoms with Crippen LogP contribution in [-0.2, 0) is 13.0 Å². The van der Waals surface area contributed by atoms with E-state index in [2.05, 4.69) is 5.32 Å². The van der Waals surface area contributed by atoms with Gasteiger partial charge < -0.3 is 5.32 Å². The van der Waals surface area contributed by atoms with Gasteiger partial charge in [0.25, 0.3) is 11.5 Å². The zero-order chi connectivity index (χ0) is 22.9. The number of nitrogens with one attached hydrogen (secondary N) is 1. The molecule has 1 N–H and O–H groups in total. The summed E-state index contributed by atoms with van der Waals surface area (Å²) >= 11 is 1.25. The quantitative estimate of drug-likeness (QED) is 0.439. The lowest BCUT2D eigenvalue weighted by Crippen LogP contribution is -2.24. The predicted molar refractivity (Wildman–Crippen MR) is 130 cm³/mol. The topological polar surface area (TPSA) is 81.1 Å². The smallest absolute Gasteiger partial charge is 0.266 e. The highest BCUT2D eigenvalue weighted by Gasteiger charge is 2.22. The number of carbonyl (C=O) groups excluding carboxylic acids is 2. The van der Waals surface area contributed by atoms with Gasteiger partial charge in [0.2, 0.25) is 0 Å². The van der Waals surface area contributed by atoms with Crippen LogP contribution in [0, 0.1) is 6.92 Å². The monoisotopic (exact) mass is 457 g/mol. The summed E-state index contributed by atoms with van der Waals surface area (Å²) in [7, 11) is 0. The Labute approximate surface area is 194 Å². The first-order chi connectivity index (χ1) is 16.0. The van der Waals surface area contributed by atoms with Crippen LogP contribution >= 0.6 is 11.3 Å². The van der Waals surface area contributed by atoms with E-state index in [1.807, 2.05) is 18.2 Å². The zero-order valence-electron chi connectivity index (χ0n) is 18.3. The number of aryl methyl sites for hydroxylation is 2. The molecule has 0 bridgehead atoms. The Balaban J connectivity index is 1.45. The molecule has 7 heteroatoms. The predicted octanol–water partition coefficient (Wildman–Crippen LogP) is 4.98. The van der Waals surface area contributed by atoms with E-state index < -0.39 is 0 Å². The lowest BCUT2D eigenvalue weighted by atomic mass is 10.0. The third-order valence-corrected chi connectivity index (χ3v) is 7.22. The highest BCUT2D eigenvalue weighted by Crippen LogP contribution is 2.29. The van der Waals surface area contributed by atoms with Crippen LogP contribution in [0.1, 0.15) is 56.2 Å². The number of rotatable bonds is 4. The number of hydrogen-bond acceptors (Lipinski definition) is 5. The molecule has 3 heterocycles. The van der Waals surface area contributed by atoms with E-state index in [1.54, 1.807) is 47.9 Å². The van der Waals surface area contributed by atoms with Crippen molar-refractivity contribution in [2.75, 3.05) is 5.32 Å². The van der Waals surface area contributed by atoms with Crippen molar-refractivity contribution in [2.24, 2.45) is 0 Å². The standard InChI is InChI=1S/C26H23N3O3S/c1-16-21-25(28-20-13-6-3-7-14-29(20)26(21)32)33-23(16)24(31)27-19-12-8-11-18(15-19)22(30)17-9-4-2-5-10-17/h2,4-5,8-12,15H,3,6-7,13-14H2,1H3,(H,27,31). The van der Waals surface area contributed by atoms with Crippen molar-refractivity contribution < 1.29 is 9.59 Å². The minimum absolute atomic E-state index is 0.0554. The Morgan fingerprint density at radius 2 is 1.79 bits per heavy atom. The Morgan fingerprint density at radius 3 is 2.61 bits per heavy atom. The van der Waals surface area contributed by atoms with Crippen molar-refractivity contribution in [3.63, 3.8) is 0 Å². The maximum atomic E-state index is 13.2. The van der Waals surface area contributed by atoms with Gasteiger partial charge in [0.05, 0.1) is 10.3 Å². The number of anilines is 1. The molecule has 0 aliphatic carbocycles. The van der Waals surface area contributed by atoms with E-state index in [1.165, 1.54) is 11.3 Å². The maximum Gasteiger partial charge on any atom is 0.266 e. The van der Waals surface area contributed by atoms with Gasteiger partial charge in [0, 0.05) is 29.8 Å². The molecule has 6 nitrogen and oxygen atoms in total. The van der Waals surface area contributed by atoms with Crippen molar-refractivity contribution in [1.82, 2.24) is 9.55 Å². The summed E-state index contributed by atoms with van der Waals surface area (Å²) < 4.78 is 1.77. The van der Waals surface area contributed by atoms with Crippen LogP contribution in [0.5, 0.6) is 0 Å². The summed E-state index contributed by atoms with van der Waals surface area (Å²) in [4.78, 5) is 44.9. The van der Waals surface area contributed by atoms with Gasteiger partial charge in [-0.25, -0.2) is 4.98 Å². The molecule has 1 amide bonds. The molecule has 2 aromatic carbocycles. The van der Waals surface area contributed by atoms with E-state index in [-0.39, 0.29) is 17.2 Å². The molecule has 2 aromatic heterocycles. The van der Waals surface area contributed by atoms with E-state index in [9.17, 15) is 14.4 Å². The van der Waals surface area contributed by atoms with E-state index >= 15 is 0 Å². The van der Waals surface area contributed by atoms with Gasteiger partial charge in [0.15, 0.2) is 5.78 Å². The van der Waals surface area contributed by atoms with Crippen LogP contribution in [0.3, 0.4) is 0 Å². The maximum absolute atomic E-state index is 13.2. The number of nitrogens with zero attached hydrogens (tertiary/aromatic N) is 2. The van der Waals surface area contributed by atoms with E-state index in [4.69, 9.17) is 4.98 Å². The average Bonchev–Trinajstić information content (AvgIpc) is 3.00. The second kappa shape index (κ2) is 8.75. The van der Waals surface area contributed by atoms with Crippen LogP contribution in [0.2, 0.25) is 0 Å². The average molecular weight is 458 g/mol. The number of carbonyl (C=O) groups is 2. The number of fused-ring (bicyclic) bond motifs is 2. The fourth-order valence-electron chi connectivity index (χ4n) is 4.31. The molecule has 0 saturated carbocycles. The molecular weight excluding hydrogens is 434 g/mol. The molecule has 0 spiro atoms. The zero-order valence-corrected chi connectivity index (χ0v) is 19.1. The summed E-state index contributed by atoms with van der Waals surface area (Å²) in [5, 5.41) is 3.42. The third kappa shape index (κ3) is 4.00. The largest absolute Gasteiger partial charge is 0.321 e. The fraction of sp³-hybridized carbons (Fsp3) is 0.231. The van der Waals surface area contributed by atoms with Gasteiger partial charge in [-0.05, 0) is 37.5 Å². The Morgan fingerprint density at radius 1 is 1.00 bits per heavy atom. The van der Waals surface area contributed by atoms with Crippen LogP contribution < -0.4 is 10.9 Å². The molecule has 0 unspecified atom stereocenters. The Bertz CT molecular complexity index is 1440. The minimum atomic E-state index is -0.306. The van der Waals surface area contributed by atoms with E-state index in [0.29, 0.717) is 44.0 Å². The van der Waals surface area contributed by atoms with Crippen LogP contribution in [0.15, 0.2) is 59.4 Å². The number of thiophene rings is 1. The molecule has 33 heavy (non-hydrogen) atoms. The number of benzene rings is 2. The molecule has 166 valence electrons. The first kappa shape index (κ1) is 21.3. The molecule has 0 atom stereocenters. The molecule has 0 saturated heterocycles. The van der Waals surface area contributed by atoms with E-state index in [0.717, 1.165) is 31.5 Å². The molecule has 5 rings (SSSR count). The van der Waals surface area contributed by atoms with Crippen molar-refractivity contribution in [3.8, 4) is 0 Å². The molecule has 4 aromatic rings. The summed E-state index contributed by atoms with van der Waals surface area (Å²) in [6.07, 6.45) is 3.86. The van der Waals surface area contributed by atoms with Crippen molar-refractivity contribution in [2.45, 2.75) is 39.2 Å². The van der Waals surface area contributed by atoms with Gasteiger partial charge in [-0.1, -0.05) is 48.9 Å². The van der Waals surface area contributed by atoms with Crippen LogP contribution in [0.4, 0.5) is 5.69 Å². The Hall–Kier alpha value is -3.58. The fourth-order valence-corrected chi connectivity index (χ4v) is 5.39. The number of amides is 1. The normalized spacial score (nSPS) is 13.4. The van der Waals surface area contributed by atoms with Crippen LogP contribution in [0.25, 0.3) is 10.2 Å². The molecule has 0 radical (unpaired) electrons. The molecule has 1 aliphatic heterocycles. The SMILES string of the molecule is Cc1c(C(=O)Nc2cccc(C(=O)c3ccccc3)c2)sc2nc3n(c(=O)c12)CCCCC3. The molecule has 0 fully saturated rings. The third-order valence-electron chi connectivity index (χ3n) is 6.04.